The highest BCUT2D eigenvalue weighted by Crippen LogP contribution is 2.30. The molecule has 0 aliphatic carbocycles. The van der Waals surface area contributed by atoms with Crippen molar-refractivity contribution in [2.24, 2.45) is 11.7 Å². The molecule has 2 saturated heterocycles. The van der Waals surface area contributed by atoms with Crippen molar-refractivity contribution in [2.45, 2.75) is 19.0 Å². The molecular weight excluding hydrogens is 523 g/mol. The van der Waals surface area contributed by atoms with Gasteiger partial charge in [-0.15, -0.1) is 0 Å². The number of anilines is 2. The van der Waals surface area contributed by atoms with E-state index >= 15 is 0 Å². The minimum atomic E-state index is -0.830. The van der Waals surface area contributed by atoms with E-state index in [0.29, 0.717) is 11.9 Å². The van der Waals surface area contributed by atoms with Crippen LogP contribution in [-0.4, -0.2) is 74.1 Å². The summed E-state index contributed by atoms with van der Waals surface area (Å²) in [7, 11) is 0. The first-order chi connectivity index (χ1) is 19.9. The monoisotopic (exact) mass is 554 g/mol. The maximum Gasteiger partial charge on any atom is 0.225 e. The predicted octanol–water partition coefficient (Wildman–Crippen LogP) is 2.95. The van der Waals surface area contributed by atoms with Crippen molar-refractivity contribution in [3.05, 3.63) is 78.4 Å². The molecule has 7 rings (SSSR count). The minimum Gasteiger partial charge on any atom is -0.381 e. The molecule has 210 valence electrons. The van der Waals surface area contributed by atoms with E-state index in [-0.39, 0.29) is 5.82 Å². The molecule has 5 aromatic rings. The van der Waals surface area contributed by atoms with Crippen molar-refractivity contribution < 1.29 is 9.13 Å². The third-order valence-electron chi connectivity index (χ3n) is 8.05. The van der Waals surface area contributed by atoms with Crippen LogP contribution in [-0.2, 0) is 16.8 Å². The van der Waals surface area contributed by atoms with Gasteiger partial charge in [0.05, 0.1) is 36.0 Å². The standard InChI is InChI=1S/C29H31FN10O/c1-29(31,21-2-4-23(30)5-3-21)22-12-32-28(33-13-22)39-8-6-38(7-9-39)27-24-10-25(37-26(24)34-18-35-27)20-11-36-40(15-20)14-19-16-41-17-19/h2-5,10-13,15,18-19H,6-9,14,16-17,31H2,1H3,(H,34,35,37). The number of ether oxygens (including phenoxy) is 1. The molecule has 2 fully saturated rings. The van der Waals surface area contributed by atoms with Gasteiger partial charge in [-0.1, -0.05) is 12.1 Å². The van der Waals surface area contributed by atoms with Gasteiger partial charge in [0.15, 0.2) is 0 Å². The number of H-pyrrole nitrogens is 1. The third-order valence-corrected chi connectivity index (χ3v) is 8.05. The number of rotatable bonds is 7. The lowest BCUT2D eigenvalue weighted by atomic mass is 9.87. The number of fused-ring (bicyclic) bond motifs is 1. The highest BCUT2D eigenvalue weighted by atomic mass is 19.1. The van der Waals surface area contributed by atoms with Crippen LogP contribution >= 0.6 is 0 Å². The van der Waals surface area contributed by atoms with Crippen molar-refractivity contribution in [1.29, 1.82) is 0 Å². The van der Waals surface area contributed by atoms with Crippen LogP contribution in [0.1, 0.15) is 18.1 Å². The average Bonchev–Trinajstić information content (AvgIpc) is 3.63. The molecule has 3 N–H and O–H groups in total. The summed E-state index contributed by atoms with van der Waals surface area (Å²) >= 11 is 0. The van der Waals surface area contributed by atoms with Gasteiger partial charge in [-0.25, -0.2) is 24.3 Å². The molecule has 0 saturated carbocycles. The number of halogens is 1. The number of nitrogens with two attached hydrogens (primary N) is 1. The third kappa shape index (κ3) is 4.89. The quantitative estimate of drug-likeness (QED) is 0.312. The average molecular weight is 555 g/mol. The van der Waals surface area contributed by atoms with E-state index < -0.39 is 5.54 Å². The molecule has 41 heavy (non-hydrogen) atoms. The van der Waals surface area contributed by atoms with E-state index in [2.05, 4.69) is 52.1 Å². The van der Waals surface area contributed by atoms with Crippen LogP contribution in [0, 0.1) is 11.7 Å². The lowest BCUT2D eigenvalue weighted by molar-refractivity contribution is -0.0408. The molecule has 0 radical (unpaired) electrons. The van der Waals surface area contributed by atoms with Gasteiger partial charge in [-0.2, -0.15) is 5.10 Å². The van der Waals surface area contributed by atoms with Crippen LogP contribution in [0.2, 0.25) is 0 Å². The van der Waals surface area contributed by atoms with Gasteiger partial charge in [0.2, 0.25) is 5.95 Å². The number of benzene rings is 1. The van der Waals surface area contributed by atoms with Gasteiger partial charge >= 0.3 is 0 Å². The lowest BCUT2D eigenvalue weighted by Crippen LogP contribution is -2.47. The first-order valence-electron chi connectivity index (χ1n) is 13.8. The molecular formula is C29H31FN10O. The molecule has 2 aliphatic rings. The van der Waals surface area contributed by atoms with Crippen molar-refractivity contribution in [3.8, 4) is 11.3 Å². The topological polar surface area (TPSA) is 127 Å². The molecule has 4 aromatic heterocycles. The molecule has 11 nitrogen and oxygen atoms in total. The van der Waals surface area contributed by atoms with Gasteiger partial charge in [0, 0.05) is 68.4 Å². The Morgan fingerprint density at radius 1 is 0.976 bits per heavy atom. The molecule has 2 aliphatic heterocycles. The summed E-state index contributed by atoms with van der Waals surface area (Å²) in [5.74, 6) is 1.81. The van der Waals surface area contributed by atoms with Crippen LogP contribution in [0.15, 0.2) is 61.4 Å². The lowest BCUT2D eigenvalue weighted by Gasteiger charge is -2.35. The van der Waals surface area contributed by atoms with E-state index in [9.17, 15) is 4.39 Å². The molecule has 1 unspecified atom stereocenters. The molecule has 12 heteroatoms. The maximum atomic E-state index is 13.4. The Bertz CT molecular complexity index is 1650. The maximum absolute atomic E-state index is 13.4. The second kappa shape index (κ2) is 10.2. The van der Waals surface area contributed by atoms with Gasteiger partial charge in [-0.05, 0) is 30.7 Å². The van der Waals surface area contributed by atoms with Gasteiger partial charge in [0.25, 0.3) is 0 Å². The summed E-state index contributed by atoms with van der Waals surface area (Å²) in [6, 6.07) is 8.32. The SMILES string of the molecule is CC(N)(c1ccc(F)cc1)c1cnc(N2CCN(c3ncnc4[nH]c(-c5cnn(CC6COC6)c5)cc34)CC2)nc1. The molecule has 6 heterocycles. The van der Waals surface area contributed by atoms with Crippen LogP contribution in [0.4, 0.5) is 16.2 Å². The fourth-order valence-corrected chi connectivity index (χ4v) is 5.42. The Morgan fingerprint density at radius 3 is 2.41 bits per heavy atom. The number of hydrogen-bond acceptors (Lipinski definition) is 9. The van der Waals surface area contributed by atoms with Crippen LogP contribution in [0.25, 0.3) is 22.3 Å². The Hall–Kier alpha value is -4.42. The number of aromatic amines is 1. The molecule has 1 aromatic carbocycles. The van der Waals surface area contributed by atoms with E-state index in [1.54, 1.807) is 30.9 Å². The highest BCUT2D eigenvalue weighted by Gasteiger charge is 2.27. The summed E-state index contributed by atoms with van der Waals surface area (Å²) in [5.41, 5.74) is 10.1. The van der Waals surface area contributed by atoms with Crippen molar-refractivity contribution in [1.82, 2.24) is 34.7 Å². The normalized spacial score (nSPS) is 17.5. The first kappa shape index (κ1) is 25.5. The second-order valence-electron chi connectivity index (χ2n) is 11.0. The Morgan fingerprint density at radius 2 is 1.71 bits per heavy atom. The second-order valence-corrected chi connectivity index (χ2v) is 11.0. The van der Waals surface area contributed by atoms with Crippen LogP contribution in [0.3, 0.4) is 0 Å². The van der Waals surface area contributed by atoms with Crippen molar-refractivity contribution >= 4 is 22.8 Å². The summed E-state index contributed by atoms with van der Waals surface area (Å²) in [4.78, 5) is 26.2. The van der Waals surface area contributed by atoms with E-state index in [4.69, 9.17) is 10.5 Å². The smallest absolute Gasteiger partial charge is 0.225 e. The van der Waals surface area contributed by atoms with Crippen molar-refractivity contribution in [2.75, 3.05) is 49.2 Å². The first-order valence-corrected chi connectivity index (χ1v) is 13.8. The number of nitrogens with zero attached hydrogens (tertiary/aromatic N) is 8. The van der Waals surface area contributed by atoms with E-state index in [1.165, 1.54) is 12.1 Å². The molecule has 1 atom stereocenters. The fourth-order valence-electron chi connectivity index (χ4n) is 5.42. The summed E-state index contributed by atoms with van der Waals surface area (Å²) in [6.07, 6.45) is 9.07. The number of piperazine rings is 1. The number of aromatic nitrogens is 7. The predicted molar refractivity (Wildman–Crippen MR) is 153 cm³/mol. The Labute approximate surface area is 236 Å². The highest BCUT2D eigenvalue weighted by molar-refractivity contribution is 5.91. The van der Waals surface area contributed by atoms with Gasteiger partial charge in [-0.3, -0.25) is 4.68 Å². The zero-order valence-corrected chi connectivity index (χ0v) is 22.7. The Kier molecular flexibility index (Phi) is 6.36. The molecule has 0 spiro atoms. The largest absolute Gasteiger partial charge is 0.381 e. The zero-order chi connectivity index (χ0) is 28.0. The Balaban J connectivity index is 1.03. The van der Waals surface area contributed by atoms with E-state index in [0.717, 1.165) is 85.2 Å². The molecule has 0 amide bonds. The minimum absolute atomic E-state index is 0.294. The summed E-state index contributed by atoms with van der Waals surface area (Å²) in [5, 5.41) is 5.51. The summed E-state index contributed by atoms with van der Waals surface area (Å²) < 4.78 is 20.6. The van der Waals surface area contributed by atoms with Crippen LogP contribution in [0.5, 0.6) is 0 Å². The van der Waals surface area contributed by atoms with Gasteiger partial charge in [0.1, 0.15) is 23.6 Å². The van der Waals surface area contributed by atoms with Crippen LogP contribution < -0.4 is 15.5 Å². The number of nitrogens with one attached hydrogen (secondary N) is 1. The zero-order valence-electron chi connectivity index (χ0n) is 22.7. The van der Waals surface area contributed by atoms with Gasteiger partial charge < -0.3 is 25.3 Å². The van der Waals surface area contributed by atoms with Crippen molar-refractivity contribution in [3.63, 3.8) is 0 Å². The number of hydrogen-bond donors (Lipinski definition) is 2. The fraction of sp³-hybridized carbons (Fsp3) is 0.345. The van der Waals surface area contributed by atoms with E-state index in [1.807, 2.05) is 17.8 Å². The molecule has 0 bridgehead atoms. The summed E-state index contributed by atoms with van der Waals surface area (Å²) in [6.45, 7) is 7.37.